The van der Waals surface area contributed by atoms with Crippen LogP contribution in [0.15, 0.2) is 72.3 Å². The van der Waals surface area contributed by atoms with Crippen LogP contribution in [0.1, 0.15) is 89.1 Å². The minimum Gasteiger partial charge on any atom is -0.493 e. The van der Waals surface area contributed by atoms with E-state index in [9.17, 15) is 4.79 Å². The summed E-state index contributed by atoms with van der Waals surface area (Å²) in [6.07, 6.45) is 10.9. The van der Waals surface area contributed by atoms with E-state index in [2.05, 4.69) is 100 Å². The number of para-hydroxylation sites is 1. The van der Waals surface area contributed by atoms with Crippen molar-refractivity contribution in [3.8, 4) is 16.9 Å². The van der Waals surface area contributed by atoms with Crippen LogP contribution in [-0.2, 0) is 0 Å². The summed E-state index contributed by atoms with van der Waals surface area (Å²) in [5, 5.41) is 0. The molecule has 0 N–H and O–H groups in total. The molecule has 0 saturated heterocycles. The molecule has 3 aliphatic carbocycles. The Labute approximate surface area is 252 Å². The molecule has 3 aromatic carbocycles. The van der Waals surface area contributed by atoms with Crippen LogP contribution in [0.4, 0.5) is 11.4 Å². The van der Waals surface area contributed by atoms with E-state index >= 15 is 0 Å². The van der Waals surface area contributed by atoms with Crippen molar-refractivity contribution >= 4 is 23.7 Å². The van der Waals surface area contributed by atoms with Gasteiger partial charge in [0.1, 0.15) is 5.75 Å². The number of benzene rings is 3. The first kappa shape index (κ1) is 27.5. The first-order chi connectivity index (χ1) is 20.2. The molecule has 3 heteroatoms. The molecule has 1 aliphatic heterocycles. The summed E-state index contributed by atoms with van der Waals surface area (Å²) in [5.74, 6) is 2.11. The van der Waals surface area contributed by atoms with Crippen molar-refractivity contribution in [2.75, 3.05) is 11.5 Å². The molecule has 3 nitrogen and oxygen atoms in total. The largest absolute Gasteiger partial charge is 0.493 e. The molecule has 1 heterocycles. The first-order valence-electron chi connectivity index (χ1n) is 16.1. The summed E-state index contributed by atoms with van der Waals surface area (Å²) in [6.45, 7) is 13.1. The van der Waals surface area contributed by atoms with Gasteiger partial charge in [-0.1, -0.05) is 83.5 Å². The third-order valence-electron chi connectivity index (χ3n) is 11.9. The van der Waals surface area contributed by atoms with Crippen LogP contribution in [0.2, 0.25) is 0 Å². The summed E-state index contributed by atoms with van der Waals surface area (Å²) in [7, 11) is 0. The van der Waals surface area contributed by atoms with Crippen molar-refractivity contribution in [1.29, 1.82) is 0 Å². The molecule has 0 radical (unpaired) electrons. The third kappa shape index (κ3) is 3.95. The highest BCUT2D eigenvalue weighted by molar-refractivity contribution is 5.84. The van der Waals surface area contributed by atoms with Crippen LogP contribution in [0.3, 0.4) is 0 Å². The van der Waals surface area contributed by atoms with Crippen molar-refractivity contribution < 1.29 is 9.53 Å². The minimum atomic E-state index is 0.277. The third-order valence-corrected chi connectivity index (χ3v) is 11.9. The molecule has 42 heavy (non-hydrogen) atoms. The number of hydrogen-bond donors (Lipinski definition) is 0. The Balaban J connectivity index is 1.26. The van der Waals surface area contributed by atoms with E-state index in [0.717, 1.165) is 36.2 Å². The van der Waals surface area contributed by atoms with Gasteiger partial charge in [-0.25, -0.2) is 0 Å². The number of carbonyl (C=O) groups excluding carboxylic acids is 1. The van der Waals surface area contributed by atoms with Gasteiger partial charge in [0.2, 0.25) is 0 Å². The number of carbonyl (C=O) groups is 1. The van der Waals surface area contributed by atoms with Gasteiger partial charge in [0, 0.05) is 11.4 Å². The summed E-state index contributed by atoms with van der Waals surface area (Å²) in [4.78, 5) is 14.5. The van der Waals surface area contributed by atoms with Gasteiger partial charge in [0.05, 0.1) is 18.2 Å². The maximum absolute atomic E-state index is 11.9. The monoisotopic (exact) mass is 559 g/mol. The number of nitrogens with zero attached hydrogens (tertiary/aromatic N) is 1. The molecule has 3 aromatic rings. The maximum atomic E-state index is 11.9. The summed E-state index contributed by atoms with van der Waals surface area (Å²) < 4.78 is 5.88. The number of anilines is 2. The summed E-state index contributed by atoms with van der Waals surface area (Å²) in [6, 6.07) is 24.3. The molecule has 3 saturated carbocycles. The van der Waals surface area contributed by atoms with Crippen LogP contribution in [-0.4, -0.2) is 18.9 Å². The highest BCUT2D eigenvalue weighted by atomic mass is 16.5. The van der Waals surface area contributed by atoms with Gasteiger partial charge < -0.3 is 9.64 Å². The average Bonchev–Trinajstić information content (AvgIpc) is 3.53. The summed E-state index contributed by atoms with van der Waals surface area (Å²) >= 11 is 0. The number of aldehydes is 1. The SMILES string of the molecule is CCCCOc1ccc(-c2ccc(N3c4ccccc4C=C4C3CC(C)(C)C35CCC(C3)C(C)(C)C45)cc2)cc1C=O. The van der Waals surface area contributed by atoms with Gasteiger partial charge in [0.25, 0.3) is 0 Å². The van der Waals surface area contributed by atoms with Crippen molar-refractivity contribution in [3.05, 3.63) is 83.4 Å². The fraction of sp³-hybridized carbons (Fsp3) is 0.462. The molecule has 0 amide bonds. The van der Waals surface area contributed by atoms with Gasteiger partial charge >= 0.3 is 0 Å². The number of ether oxygens (including phenoxy) is 1. The lowest BCUT2D eigenvalue weighted by Crippen LogP contribution is -2.57. The normalized spacial score (nSPS) is 28.0. The predicted octanol–water partition coefficient (Wildman–Crippen LogP) is 10.1. The lowest BCUT2D eigenvalue weighted by molar-refractivity contribution is -0.0384. The molecule has 7 rings (SSSR count). The Bertz CT molecular complexity index is 1550. The zero-order chi connectivity index (χ0) is 29.3. The van der Waals surface area contributed by atoms with E-state index in [0.29, 0.717) is 40.7 Å². The molecule has 4 unspecified atom stereocenters. The fourth-order valence-electron chi connectivity index (χ4n) is 9.68. The average molecular weight is 560 g/mol. The van der Waals surface area contributed by atoms with E-state index < -0.39 is 0 Å². The Kier molecular flexibility index (Phi) is 6.46. The zero-order valence-electron chi connectivity index (χ0n) is 26.0. The number of hydrogen-bond acceptors (Lipinski definition) is 3. The van der Waals surface area contributed by atoms with E-state index in [1.54, 1.807) is 5.57 Å². The van der Waals surface area contributed by atoms with Gasteiger partial charge in [0.15, 0.2) is 6.29 Å². The van der Waals surface area contributed by atoms with E-state index in [1.807, 2.05) is 12.1 Å². The smallest absolute Gasteiger partial charge is 0.153 e. The topological polar surface area (TPSA) is 29.5 Å². The van der Waals surface area contributed by atoms with Gasteiger partial charge in [-0.3, -0.25) is 4.79 Å². The molecule has 218 valence electrons. The van der Waals surface area contributed by atoms with Crippen molar-refractivity contribution in [1.82, 2.24) is 0 Å². The molecule has 4 aliphatic rings. The standard InChI is InChI=1S/C39H45NO2/c1-6-7-20-42-35-17-14-27(21-29(35)25-41)26-12-15-31(16-13-26)40-33-11-9-8-10-28(33)22-32-34(40)24-37(2,3)39-19-18-30(23-39)38(4,5)36(32)39/h8-17,21-22,25,30,34,36H,6-7,18-20,23-24H2,1-5H3. The zero-order valence-corrected chi connectivity index (χ0v) is 26.0. The Morgan fingerprint density at radius 3 is 2.48 bits per heavy atom. The highest BCUT2D eigenvalue weighted by Gasteiger charge is 2.70. The Morgan fingerprint density at radius 2 is 1.71 bits per heavy atom. The fourth-order valence-corrected chi connectivity index (χ4v) is 9.68. The van der Waals surface area contributed by atoms with Crippen LogP contribution < -0.4 is 9.64 Å². The molecule has 4 atom stereocenters. The number of rotatable bonds is 7. The van der Waals surface area contributed by atoms with Crippen molar-refractivity contribution in [2.24, 2.45) is 28.1 Å². The van der Waals surface area contributed by atoms with Crippen LogP contribution >= 0.6 is 0 Å². The lowest BCUT2D eigenvalue weighted by atomic mass is 9.46. The number of fused-ring (bicyclic) bond motifs is 4. The van der Waals surface area contributed by atoms with Crippen molar-refractivity contribution in [3.63, 3.8) is 0 Å². The quantitative estimate of drug-likeness (QED) is 0.213. The lowest BCUT2D eigenvalue weighted by Gasteiger charge is -2.61. The van der Waals surface area contributed by atoms with E-state index in [1.165, 1.54) is 42.6 Å². The Hall–Kier alpha value is -3.33. The minimum absolute atomic E-state index is 0.277. The maximum Gasteiger partial charge on any atom is 0.153 e. The summed E-state index contributed by atoms with van der Waals surface area (Å²) in [5.41, 5.74) is 9.33. The second-order valence-corrected chi connectivity index (χ2v) is 14.6. The molecule has 3 fully saturated rings. The number of unbranched alkanes of at least 4 members (excludes halogenated alkanes) is 1. The molecule has 2 bridgehead atoms. The first-order valence-corrected chi connectivity index (χ1v) is 16.1. The second-order valence-electron chi connectivity index (χ2n) is 14.6. The molecule has 1 spiro atoms. The van der Waals surface area contributed by atoms with Crippen LogP contribution in [0.5, 0.6) is 5.75 Å². The molecule has 0 aromatic heterocycles. The molecular formula is C39H45NO2. The van der Waals surface area contributed by atoms with Crippen LogP contribution in [0.25, 0.3) is 17.2 Å². The van der Waals surface area contributed by atoms with Crippen molar-refractivity contribution in [2.45, 2.75) is 79.2 Å². The van der Waals surface area contributed by atoms with E-state index in [4.69, 9.17) is 4.74 Å². The predicted molar refractivity (Wildman–Crippen MR) is 173 cm³/mol. The van der Waals surface area contributed by atoms with Gasteiger partial charge in [-0.05, 0) is 113 Å². The second kappa shape index (κ2) is 9.86. The van der Waals surface area contributed by atoms with E-state index in [-0.39, 0.29) is 5.41 Å². The van der Waals surface area contributed by atoms with Gasteiger partial charge in [-0.2, -0.15) is 0 Å². The van der Waals surface area contributed by atoms with Gasteiger partial charge in [-0.15, -0.1) is 0 Å². The Morgan fingerprint density at radius 1 is 0.952 bits per heavy atom. The molecular weight excluding hydrogens is 514 g/mol. The highest BCUT2D eigenvalue weighted by Crippen LogP contribution is 2.77. The van der Waals surface area contributed by atoms with Crippen LogP contribution in [0, 0.1) is 28.1 Å².